The Morgan fingerprint density at radius 1 is 1.14 bits per heavy atom. The summed E-state index contributed by atoms with van der Waals surface area (Å²) in [6, 6.07) is 2.57. The van der Waals surface area contributed by atoms with E-state index < -0.39 is 0 Å². The zero-order valence-corrected chi connectivity index (χ0v) is 13.2. The number of carbonyl (C=O) groups is 1. The fourth-order valence-electron chi connectivity index (χ4n) is 3.34. The first-order chi connectivity index (χ1) is 10.7. The molecule has 1 N–H and O–H groups in total. The Balaban J connectivity index is 1.48. The van der Waals surface area contributed by atoms with Crippen molar-refractivity contribution in [2.75, 3.05) is 24.5 Å². The van der Waals surface area contributed by atoms with E-state index in [-0.39, 0.29) is 12.1 Å². The van der Waals surface area contributed by atoms with Gasteiger partial charge in [0.25, 0.3) is 0 Å². The average Bonchev–Trinajstić information content (AvgIpc) is 2.57. The minimum absolute atomic E-state index is 0.113. The summed E-state index contributed by atoms with van der Waals surface area (Å²) in [6.45, 7) is 4.83. The van der Waals surface area contributed by atoms with Gasteiger partial charge in [0.05, 0.1) is 0 Å². The Labute approximate surface area is 131 Å². The Hall–Kier alpha value is -1.85. The molecule has 2 saturated heterocycles. The van der Waals surface area contributed by atoms with Crippen LogP contribution < -0.4 is 10.2 Å². The smallest absolute Gasteiger partial charge is 0.317 e. The van der Waals surface area contributed by atoms with Gasteiger partial charge < -0.3 is 15.1 Å². The summed E-state index contributed by atoms with van der Waals surface area (Å²) in [4.78, 5) is 25.2. The molecule has 3 rings (SSSR count). The Bertz CT molecular complexity index is 487. The van der Waals surface area contributed by atoms with Crippen molar-refractivity contribution in [3.63, 3.8) is 0 Å². The zero-order valence-electron chi connectivity index (χ0n) is 13.2. The monoisotopic (exact) mass is 303 g/mol. The number of piperidine rings is 2. The third-order valence-corrected chi connectivity index (χ3v) is 4.72. The molecule has 1 aromatic rings. The lowest BCUT2D eigenvalue weighted by Gasteiger charge is -2.37. The molecule has 1 unspecified atom stereocenters. The number of urea groups is 1. The number of hydrogen-bond donors (Lipinski definition) is 1. The van der Waals surface area contributed by atoms with Crippen LogP contribution in [0.5, 0.6) is 0 Å². The minimum atomic E-state index is 0.113. The lowest BCUT2D eigenvalue weighted by Crippen LogP contribution is -2.52. The third-order valence-electron chi connectivity index (χ3n) is 4.72. The van der Waals surface area contributed by atoms with Crippen molar-refractivity contribution in [1.29, 1.82) is 0 Å². The summed E-state index contributed by atoms with van der Waals surface area (Å²) in [5, 5.41) is 3.21. The van der Waals surface area contributed by atoms with Gasteiger partial charge in [0.1, 0.15) is 0 Å². The number of aromatic nitrogens is 2. The van der Waals surface area contributed by atoms with Gasteiger partial charge in [0.15, 0.2) is 0 Å². The van der Waals surface area contributed by atoms with Crippen LogP contribution in [0.1, 0.15) is 39.0 Å². The molecular formula is C16H25N5O. The third kappa shape index (κ3) is 3.48. The molecule has 2 amide bonds. The molecule has 0 radical (unpaired) electrons. The number of nitrogens with zero attached hydrogens (tertiary/aromatic N) is 4. The normalized spacial score (nSPS) is 23.4. The molecule has 3 heterocycles. The highest BCUT2D eigenvalue weighted by molar-refractivity contribution is 5.75. The van der Waals surface area contributed by atoms with E-state index in [0.29, 0.717) is 6.04 Å². The standard InChI is InChI=1S/C16H25N5O/c1-13-5-2-3-10-21(13)16(22)19-14-6-11-20(12-7-14)15-17-8-4-9-18-15/h4,8-9,13-14H,2-3,5-7,10-12H2,1H3,(H,19,22). The van der Waals surface area contributed by atoms with E-state index in [9.17, 15) is 4.79 Å². The molecule has 0 saturated carbocycles. The Morgan fingerprint density at radius 3 is 2.55 bits per heavy atom. The Kier molecular flexibility index (Phi) is 4.75. The molecule has 6 nitrogen and oxygen atoms in total. The van der Waals surface area contributed by atoms with Crippen molar-refractivity contribution in [1.82, 2.24) is 20.2 Å². The van der Waals surface area contributed by atoms with Gasteiger partial charge in [-0.15, -0.1) is 0 Å². The van der Waals surface area contributed by atoms with E-state index in [0.717, 1.165) is 51.3 Å². The van der Waals surface area contributed by atoms with E-state index in [4.69, 9.17) is 0 Å². The van der Waals surface area contributed by atoms with E-state index in [1.165, 1.54) is 6.42 Å². The quantitative estimate of drug-likeness (QED) is 0.908. The maximum atomic E-state index is 12.4. The number of carbonyl (C=O) groups excluding carboxylic acids is 1. The highest BCUT2D eigenvalue weighted by atomic mass is 16.2. The van der Waals surface area contributed by atoms with Gasteiger partial charge in [0, 0.05) is 44.1 Å². The molecule has 2 aliphatic heterocycles. The number of nitrogens with one attached hydrogen (secondary N) is 1. The van der Waals surface area contributed by atoms with Crippen LogP contribution in [0.15, 0.2) is 18.5 Å². The average molecular weight is 303 g/mol. The molecule has 0 bridgehead atoms. The maximum absolute atomic E-state index is 12.4. The van der Waals surface area contributed by atoms with Crippen LogP contribution in [0.3, 0.4) is 0 Å². The summed E-state index contributed by atoms with van der Waals surface area (Å²) >= 11 is 0. The van der Waals surface area contributed by atoms with Gasteiger partial charge in [-0.3, -0.25) is 0 Å². The Morgan fingerprint density at radius 2 is 1.86 bits per heavy atom. The fourth-order valence-corrected chi connectivity index (χ4v) is 3.34. The number of likely N-dealkylation sites (tertiary alicyclic amines) is 1. The fraction of sp³-hybridized carbons (Fsp3) is 0.688. The molecule has 0 aromatic carbocycles. The van der Waals surface area contributed by atoms with Crippen LogP contribution in [0.2, 0.25) is 0 Å². The van der Waals surface area contributed by atoms with Gasteiger partial charge in [-0.05, 0) is 45.1 Å². The highest BCUT2D eigenvalue weighted by Crippen LogP contribution is 2.18. The van der Waals surface area contributed by atoms with Crippen LogP contribution in [0.25, 0.3) is 0 Å². The molecule has 120 valence electrons. The SMILES string of the molecule is CC1CCCCN1C(=O)NC1CCN(c2ncccn2)CC1. The number of rotatable bonds is 2. The van der Waals surface area contributed by atoms with Crippen LogP contribution in [-0.2, 0) is 0 Å². The maximum Gasteiger partial charge on any atom is 0.317 e. The summed E-state index contributed by atoms with van der Waals surface area (Å²) in [7, 11) is 0. The summed E-state index contributed by atoms with van der Waals surface area (Å²) in [5.74, 6) is 0.789. The molecule has 1 aromatic heterocycles. The second kappa shape index (κ2) is 6.94. The first-order valence-corrected chi connectivity index (χ1v) is 8.33. The van der Waals surface area contributed by atoms with Gasteiger partial charge in [-0.25, -0.2) is 14.8 Å². The van der Waals surface area contributed by atoms with E-state index in [1.54, 1.807) is 12.4 Å². The van der Waals surface area contributed by atoms with Gasteiger partial charge >= 0.3 is 6.03 Å². The van der Waals surface area contributed by atoms with Crippen molar-refractivity contribution < 1.29 is 4.79 Å². The van der Waals surface area contributed by atoms with Crippen molar-refractivity contribution in [3.05, 3.63) is 18.5 Å². The second-order valence-electron chi connectivity index (χ2n) is 6.30. The number of hydrogen-bond acceptors (Lipinski definition) is 4. The van der Waals surface area contributed by atoms with E-state index in [2.05, 4.69) is 27.1 Å². The van der Waals surface area contributed by atoms with Gasteiger partial charge in [0.2, 0.25) is 5.95 Å². The molecule has 2 fully saturated rings. The van der Waals surface area contributed by atoms with Crippen molar-refractivity contribution in [3.8, 4) is 0 Å². The lowest BCUT2D eigenvalue weighted by molar-refractivity contribution is 0.153. The van der Waals surface area contributed by atoms with Crippen LogP contribution in [0, 0.1) is 0 Å². The second-order valence-corrected chi connectivity index (χ2v) is 6.30. The van der Waals surface area contributed by atoms with Gasteiger partial charge in [-0.2, -0.15) is 0 Å². The molecule has 6 heteroatoms. The molecule has 0 aliphatic carbocycles. The number of anilines is 1. The van der Waals surface area contributed by atoms with Crippen molar-refractivity contribution in [2.45, 2.75) is 51.1 Å². The largest absolute Gasteiger partial charge is 0.341 e. The minimum Gasteiger partial charge on any atom is -0.341 e. The summed E-state index contributed by atoms with van der Waals surface area (Å²) in [6.07, 6.45) is 8.93. The summed E-state index contributed by atoms with van der Waals surface area (Å²) in [5.41, 5.74) is 0. The van der Waals surface area contributed by atoms with E-state index >= 15 is 0 Å². The predicted molar refractivity (Wildman–Crippen MR) is 85.8 cm³/mol. The number of amides is 2. The van der Waals surface area contributed by atoms with Crippen LogP contribution in [-0.4, -0.2) is 52.6 Å². The zero-order chi connectivity index (χ0) is 15.4. The van der Waals surface area contributed by atoms with Crippen LogP contribution >= 0.6 is 0 Å². The van der Waals surface area contributed by atoms with Crippen molar-refractivity contribution in [2.24, 2.45) is 0 Å². The van der Waals surface area contributed by atoms with E-state index in [1.807, 2.05) is 11.0 Å². The summed E-state index contributed by atoms with van der Waals surface area (Å²) < 4.78 is 0. The first-order valence-electron chi connectivity index (χ1n) is 8.33. The van der Waals surface area contributed by atoms with Gasteiger partial charge in [-0.1, -0.05) is 0 Å². The highest BCUT2D eigenvalue weighted by Gasteiger charge is 2.27. The van der Waals surface area contributed by atoms with Crippen molar-refractivity contribution >= 4 is 12.0 Å². The molecule has 0 spiro atoms. The molecule has 22 heavy (non-hydrogen) atoms. The molecule has 2 aliphatic rings. The molecular weight excluding hydrogens is 278 g/mol. The predicted octanol–water partition coefficient (Wildman–Crippen LogP) is 2.03. The molecule has 1 atom stereocenters. The van der Waals surface area contributed by atoms with Crippen LogP contribution in [0.4, 0.5) is 10.7 Å². The topological polar surface area (TPSA) is 61.4 Å². The first kappa shape index (κ1) is 15.1. The lowest BCUT2D eigenvalue weighted by atomic mass is 10.0.